The average molecular weight is 344 g/mol. The summed E-state index contributed by atoms with van der Waals surface area (Å²) in [6, 6.07) is 11.7. The van der Waals surface area contributed by atoms with Gasteiger partial charge >= 0.3 is 5.97 Å². The summed E-state index contributed by atoms with van der Waals surface area (Å²) in [7, 11) is 4.57. The van der Waals surface area contributed by atoms with Crippen molar-refractivity contribution in [3.63, 3.8) is 0 Å². The van der Waals surface area contributed by atoms with E-state index in [2.05, 4.69) is 0 Å². The van der Waals surface area contributed by atoms with E-state index in [0.717, 1.165) is 5.56 Å². The predicted molar refractivity (Wildman–Crippen MR) is 91.3 cm³/mol. The van der Waals surface area contributed by atoms with E-state index in [1.165, 1.54) is 14.2 Å². The summed E-state index contributed by atoms with van der Waals surface area (Å²) in [5, 5.41) is 0. The number of benzene rings is 2. The minimum Gasteiger partial charge on any atom is -0.497 e. The van der Waals surface area contributed by atoms with E-state index in [4.69, 9.17) is 18.9 Å². The van der Waals surface area contributed by atoms with Gasteiger partial charge in [0, 0.05) is 7.11 Å². The van der Waals surface area contributed by atoms with Crippen LogP contribution in [0.1, 0.15) is 26.3 Å². The quantitative estimate of drug-likeness (QED) is 0.542. The van der Waals surface area contributed by atoms with E-state index in [-0.39, 0.29) is 12.4 Å². The molecule has 0 spiro atoms. The van der Waals surface area contributed by atoms with Crippen LogP contribution in [0.4, 0.5) is 0 Å². The first-order valence-electron chi connectivity index (χ1n) is 7.59. The third-order valence-electron chi connectivity index (χ3n) is 3.54. The highest BCUT2D eigenvalue weighted by molar-refractivity contribution is 6.01. The molecule has 0 saturated heterocycles. The Bertz CT molecular complexity index is 736. The van der Waals surface area contributed by atoms with Crippen LogP contribution in [0.5, 0.6) is 11.5 Å². The summed E-state index contributed by atoms with van der Waals surface area (Å²) in [5.74, 6) is -0.0331. The van der Waals surface area contributed by atoms with Gasteiger partial charge in [-0.1, -0.05) is 12.1 Å². The van der Waals surface area contributed by atoms with Gasteiger partial charge in [0.15, 0.2) is 6.61 Å². The Morgan fingerprint density at radius 2 is 1.64 bits per heavy atom. The lowest BCUT2D eigenvalue weighted by molar-refractivity contribution is 0.0474. The van der Waals surface area contributed by atoms with Gasteiger partial charge in [-0.3, -0.25) is 4.79 Å². The lowest BCUT2D eigenvalue weighted by Gasteiger charge is -2.10. The van der Waals surface area contributed by atoms with Crippen molar-refractivity contribution in [2.24, 2.45) is 0 Å². The number of hydrogen-bond acceptors (Lipinski definition) is 6. The number of ketones is 1. The Morgan fingerprint density at radius 1 is 0.920 bits per heavy atom. The fraction of sp³-hybridized carbons (Fsp3) is 0.263. The molecule has 6 heteroatoms. The average Bonchev–Trinajstić information content (AvgIpc) is 2.66. The van der Waals surface area contributed by atoms with Gasteiger partial charge in [-0.25, -0.2) is 4.79 Å². The van der Waals surface area contributed by atoms with E-state index in [1.807, 2.05) is 0 Å². The van der Waals surface area contributed by atoms with E-state index in [1.54, 1.807) is 49.6 Å². The minimum atomic E-state index is -0.570. The number of methoxy groups -OCH3 is 3. The van der Waals surface area contributed by atoms with Gasteiger partial charge in [0.2, 0.25) is 5.78 Å². The zero-order valence-electron chi connectivity index (χ0n) is 14.4. The van der Waals surface area contributed by atoms with Crippen molar-refractivity contribution in [1.82, 2.24) is 0 Å². The first kappa shape index (κ1) is 18.5. The van der Waals surface area contributed by atoms with Crippen LogP contribution in [0.25, 0.3) is 0 Å². The Hall–Kier alpha value is -2.86. The molecular weight excluding hydrogens is 324 g/mol. The molecule has 25 heavy (non-hydrogen) atoms. The van der Waals surface area contributed by atoms with Gasteiger partial charge in [0.05, 0.1) is 32.0 Å². The summed E-state index contributed by atoms with van der Waals surface area (Å²) >= 11 is 0. The third-order valence-corrected chi connectivity index (χ3v) is 3.54. The second kappa shape index (κ2) is 8.84. The molecular formula is C19H20O6. The van der Waals surface area contributed by atoms with Crippen LogP contribution in [0.3, 0.4) is 0 Å². The number of hydrogen-bond donors (Lipinski definition) is 0. The SMILES string of the molecule is COCc1ccc(C(=O)OCC(=O)c2cc(OC)ccc2OC)cc1. The van der Waals surface area contributed by atoms with E-state index in [9.17, 15) is 9.59 Å². The summed E-state index contributed by atoms with van der Waals surface area (Å²) in [6.07, 6.45) is 0. The fourth-order valence-corrected chi connectivity index (χ4v) is 2.23. The highest BCUT2D eigenvalue weighted by Gasteiger charge is 2.16. The molecule has 0 aliphatic heterocycles. The monoisotopic (exact) mass is 344 g/mol. The summed E-state index contributed by atoms with van der Waals surface area (Å²) in [5.41, 5.74) is 1.60. The van der Waals surface area contributed by atoms with Crippen molar-refractivity contribution in [1.29, 1.82) is 0 Å². The van der Waals surface area contributed by atoms with Crippen LogP contribution < -0.4 is 9.47 Å². The van der Waals surface area contributed by atoms with Gasteiger partial charge in [-0.15, -0.1) is 0 Å². The maximum Gasteiger partial charge on any atom is 0.338 e. The van der Waals surface area contributed by atoms with E-state index >= 15 is 0 Å². The van der Waals surface area contributed by atoms with Crippen molar-refractivity contribution in [3.8, 4) is 11.5 Å². The number of Topliss-reactive ketones (excluding diaryl/α,β-unsaturated/α-hetero) is 1. The molecule has 6 nitrogen and oxygen atoms in total. The largest absolute Gasteiger partial charge is 0.497 e. The van der Waals surface area contributed by atoms with Crippen molar-refractivity contribution in [3.05, 3.63) is 59.2 Å². The van der Waals surface area contributed by atoms with Crippen molar-refractivity contribution < 1.29 is 28.5 Å². The van der Waals surface area contributed by atoms with Gasteiger partial charge in [-0.05, 0) is 35.9 Å². The number of carbonyl (C=O) groups is 2. The zero-order valence-corrected chi connectivity index (χ0v) is 14.4. The molecule has 0 fully saturated rings. The first-order valence-corrected chi connectivity index (χ1v) is 7.59. The zero-order chi connectivity index (χ0) is 18.2. The Balaban J connectivity index is 2.02. The molecule has 0 aliphatic carbocycles. The standard InChI is InChI=1S/C19H20O6/c1-22-11-13-4-6-14(7-5-13)19(21)25-12-17(20)16-10-15(23-2)8-9-18(16)24-3/h4-10H,11-12H2,1-3H3. The third kappa shape index (κ3) is 4.81. The number of ether oxygens (including phenoxy) is 4. The van der Waals surface area contributed by atoms with Gasteiger partial charge in [0.1, 0.15) is 11.5 Å². The fourth-order valence-electron chi connectivity index (χ4n) is 2.23. The van der Waals surface area contributed by atoms with Gasteiger partial charge in [-0.2, -0.15) is 0 Å². The van der Waals surface area contributed by atoms with Crippen LogP contribution >= 0.6 is 0 Å². The summed E-state index contributed by atoms with van der Waals surface area (Å²) in [4.78, 5) is 24.4. The van der Waals surface area contributed by atoms with E-state index < -0.39 is 5.97 Å². The smallest absolute Gasteiger partial charge is 0.338 e. The van der Waals surface area contributed by atoms with Crippen LogP contribution in [0.15, 0.2) is 42.5 Å². The van der Waals surface area contributed by atoms with Crippen LogP contribution in [0.2, 0.25) is 0 Å². The lowest BCUT2D eigenvalue weighted by Crippen LogP contribution is -2.15. The second-order valence-electron chi connectivity index (χ2n) is 5.20. The maximum absolute atomic E-state index is 12.3. The van der Waals surface area contributed by atoms with E-state index in [0.29, 0.717) is 29.2 Å². The molecule has 0 N–H and O–H groups in total. The predicted octanol–water partition coefficient (Wildman–Crippen LogP) is 2.89. The Kier molecular flexibility index (Phi) is 6.54. The Morgan fingerprint density at radius 3 is 2.24 bits per heavy atom. The molecule has 0 atom stereocenters. The number of rotatable bonds is 8. The molecule has 0 heterocycles. The van der Waals surface area contributed by atoms with Gasteiger partial charge in [0.25, 0.3) is 0 Å². The topological polar surface area (TPSA) is 71.1 Å². The molecule has 0 bridgehead atoms. The molecule has 2 rings (SSSR count). The Labute approximate surface area is 146 Å². The number of esters is 1. The second-order valence-corrected chi connectivity index (χ2v) is 5.20. The van der Waals surface area contributed by atoms with Crippen molar-refractivity contribution in [2.45, 2.75) is 6.61 Å². The molecule has 0 unspecified atom stereocenters. The highest BCUT2D eigenvalue weighted by atomic mass is 16.5. The van der Waals surface area contributed by atoms with Crippen LogP contribution in [-0.4, -0.2) is 39.7 Å². The van der Waals surface area contributed by atoms with Crippen molar-refractivity contribution >= 4 is 11.8 Å². The lowest BCUT2D eigenvalue weighted by atomic mass is 10.1. The summed E-state index contributed by atoms with van der Waals surface area (Å²) < 4.78 is 20.4. The van der Waals surface area contributed by atoms with Crippen LogP contribution in [0, 0.1) is 0 Å². The minimum absolute atomic E-state index is 0.296. The molecule has 0 saturated carbocycles. The molecule has 132 valence electrons. The van der Waals surface area contributed by atoms with Crippen molar-refractivity contribution in [2.75, 3.05) is 27.9 Å². The van der Waals surface area contributed by atoms with Gasteiger partial charge < -0.3 is 18.9 Å². The number of carbonyl (C=O) groups excluding carboxylic acids is 2. The maximum atomic E-state index is 12.3. The normalized spacial score (nSPS) is 10.2. The highest BCUT2D eigenvalue weighted by Crippen LogP contribution is 2.24. The molecule has 0 amide bonds. The molecule has 0 aromatic heterocycles. The molecule has 2 aromatic carbocycles. The molecule has 2 aromatic rings. The van der Waals surface area contributed by atoms with Crippen LogP contribution in [-0.2, 0) is 16.1 Å². The molecule has 0 aliphatic rings. The first-order chi connectivity index (χ1) is 12.1. The molecule has 0 radical (unpaired) electrons. The summed E-state index contributed by atoms with van der Waals surface area (Å²) in [6.45, 7) is 0.0750.